The second-order valence-electron chi connectivity index (χ2n) is 1.01. The van der Waals surface area contributed by atoms with Crippen molar-refractivity contribution in [2.24, 2.45) is 0 Å². The van der Waals surface area contributed by atoms with E-state index >= 15 is 0 Å². The van der Waals surface area contributed by atoms with Crippen LogP contribution in [0.25, 0.3) is 0 Å². The Kier molecular flexibility index (Phi) is 25.6. The fraction of sp³-hybridized carbons (Fsp3) is 1.00. The summed E-state index contributed by atoms with van der Waals surface area (Å²) in [5.41, 5.74) is 0. The molecule has 0 amide bonds. The van der Waals surface area contributed by atoms with Crippen molar-refractivity contribution >= 4 is 53.5 Å². The van der Waals surface area contributed by atoms with Gasteiger partial charge in [0.05, 0.1) is 0 Å². The van der Waals surface area contributed by atoms with Gasteiger partial charge in [-0.25, -0.2) is 0 Å². The van der Waals surface area contributed by atoms with Gasteiger partial charge >= 0.3 is 41.9 Å². The maximum absolute atomic E-state index is 5.27. The molecular weight excluding hydrogens is 103 g/mol. The molecule has 0 aromatic carbocycles. The Morgan fingerprint density at radius 1 is 1.33 bits per heavy atom. The van der Waals surface area contributed by atoms with E-state index in [4.69, 9.17) is 11.6 Å². The number of alkyl halides is 1. The molecule has 0 bridgehead atoms. The van der Waals surface area contributed by atoms with E-state index in [1.54, 1.807) is 0 Å². The summed E-state index contributed by atoms with van der Waals surface area (Å²) in [6, 6.07) is 0. The average molecular weight is 110 g/mol. The average Bonchev–Trinajstić information content (AvgIpc) is 0.811. The van der Waals surface area contributed by atoms with Crippen LogP contribution in [0.5, 0.6) is 0 Å². The summed E-state index contributed by atoms with van der Waals surface area (Å²) in [6.45, 7) is 3.86. The third kappa shape index (κ3) is 44.8. The predicted octanol–water partition coefficient (Wildman–Crippen LogP) is 0.872. The third-order valence-electron chi connectivity index (χ3n) is 0. The Bertz CT molecular complexity index is 15.5. The van der Waals surface area contributed by atoms with Gasteiger partial charge in [-0.1, -0.05) is 0 Å². The van der Waals surface area contributed by atoms with Crippen LogP contribution >= 0.6 is 11.6 Å². The second-order valence-corrected chi connectivity index (χ2v) is 1.89. The molecule has 6 heavy (non-hydrogen) atoms. The molecule has 0 nitrogen and oxygen atoms in total. The minimum atomic E-state index is 0. The molecule has 0 aliphatic rings. The molecule has 0 spiro atoms. The zero-order valence-electron chi connectivity index (χ0n) is 4.66. The molecule has 3 heteroatoms. The molecule has 0 aromatic heterocycles. The van der Waals surface area contributed by atoms with E-state index in [1.165, 1.54) is 0 Å². The van der Waals surface area contributed by atoms with Crippen molar-refractivity contribution in [3.8, 4) is 0 Å². The van der Waals surface area contributed by atoms with Crippen molar-refractivity contribution < 1.29 is 0 Å². The molecule has 0 saturated heterocycles. The van der Waals surface area contributed by atoms with Crippen molar-refractivity contribution in [1.82, 2.24) is 0 Å². The number of rotatable bonds is 0. The SMILES string of the molecule is CC(C)Cl.[Li+2].[Mg+2]. The molecule has 0 aromatic rings. The van der Waals surface area contributed by atoms with Crippen LogP contribution in [0.3, 0.4) is 0 Å². The smallest absolute Gasteiger partial charge is 0.124 e. The Hall–Kier alpha value is 1.65. The van der Waals surface area contributed by atoms with Crippen LogP contribution in [-0.2, 0) is 0 Å². The molecule has 25 valence electrons. The topological polar surface area (TPSA) is 0 Å². The van der Waals surface area contributed by atoms with Crippen LogP contribution in [0.15, 0.2) is 0 Å². The molecule has 0 N–H and O–H groups in total. The Balaban J connectivity index is -0.0000000450. The largest absolute Gasteiger partial charge is 2.00 e. The summed E-state index contributed by atoms with van der Waals surface area (Å²) in [7, 11) is 0. The minimum absolute atomic E-state index is 0. The van der Waals surface area contributed by atoms with Gasteiger partial charge in [0.1, 0.15) is 0 Å². The molecular formula is C3H7ClLiMg+4. The third-order valence-corrected chi connectivity index (χ3v) is 0. The summed E-state index contributed by atoms with van der Waals surface area (Å²) in [4.78, 5) is 0. The fourth-order valence-electron chi connectivity index (χ4n) is 0. The van der Waals surface area contributed by atoms with E-state index in [9.17, 15) is 0 Å². The van der Waals surface area contributed by atoms with E-state index < -0.39 is 0 Å². The van der Waals surface area contributed by atoms with Crippen LogP contribution in [-0.4, -0.2) is 47.3 Å². The van der Waals surface area contributed by atoms with Crippen molar-refractivity contribution in [3.63, 3.8) is 0 Å². The fourth-order valence-corrected chi connectivity index (χ4v) is 0. The number of halogens is 1. The molecule has 0 atom stereocenters. The number of hydrogen-bond donors (Lipinski definition) is 0. The maximum Gasteiger partial charge on any atom is 2.00 e. The van der Waals surface area contributed by atoms with Crippen molar-refractivity contribution in [1.29, 1.82) is 0 Å². The molecule has 0 saturated carbocycles. The summed E-state index contributed by atoms with van der Waals surface area (Å²) in [6.07, 6.45) is 0. The molecule has 9 radical (unpaired) electrons. The molecule has 0 aliphatic carbocycles. The van der Waals surface area contributed by atoms with E-state index in [2.05, 4.69) is 0 Å². The monoisotopic (exact) mass is 109 g/mol. The van der Waals surface area contributed by atoms with E-state index in [1.807, 2.05) is 13.8 Å². The molecule has 0 aliphatic heterocycles. The van der Waals surface area contributed by atoms with Gasteiger partial charge in [0.15, 0.2) is 0 Å². The molecule has 0 heterocycles. The summed E-state index contributed by atoms with van der Waals surface area (Å²) < 4.78 is 0. The first-order valence-electron chi connectivity index (χ1n) is 1.37. The van der Waals surface area contributed by atoms with Gasteiger partial charge in [-0.15, -0.1) is 11.6 Å². The molecule has 0 fully saturated rings. The first-order valence-corrected chi connectivity index (χ1v) is 1.81. The first kappa shape index (κ1) is 15.6. The molecule has 0 unspecified atom stereocenters. The van der Waals surface area contributed by atoms with E-state index in [-0.39, 0.29) is 41.9 Å². The first-order chi connectivity index (χ1) is 1.73. The molecule has 0 rings (SSSR count). The van der Waals surface area contributed by atoms with Crippen LogP contribution in [0.1, 0.15) is 13.8 Å². The summed E-state index contributed by atoms with van der Waals surface area (Å²) >= 11 is 5.27. The van der Waals surface area contributed by atoms with Gasteiger partial charge in [-0.2, -0.15) is 0 Å². The number of hydrogen-bond acceptors (Lipinski definition) is 0. The maximum atomic E-state index is 5.27. The van der Waals surface area contributed by atoms with Gasteiger partial charge < -0.3 is 0 Å². The van der Waals surface area contributed by atoms with Crippen LogP contribution in [0.2, 0.25) is 0 Å². The summed E-state index contributed by atoms with van der Waals surface area (Å²) in [5.74, 6) is 0. The van der Waals surface area contributed by atoms with Crippen LogP contribution in [0.4, 0.5) is 0 Å². The Morgan fingerprint density at radius 2 is 1.33 bits per heavy atom. The zero-order valence-corrected chi connectivity index (χ0v) is 6.83. The predicted molar refractivity (Wildman–Crippen MR) is 32.5 cm³/mol. The zero-order chi connectivity index (χ0) is 3.58. The second kappa shape index (κ2) is 9.82. The van der Waals surface area contributed by atoms with Gasteiger partial charge in [0.2, 0.25) is 0 Å². The van der Waals surface area contributed by atoms with Gasteiger partial charge in [-0.3, -0.25) is 0 Å². The Labute approximate surface area is 72.3 Å². The van der Waals surface area contributed by atoms with E-state index in [0.29, 0.717) is 5.38 Å². The normalized spacial score (nSPS) is 6.00. The van der Waals surface area contributed by atoms with Crippen molar-refractivity contribution in [2.75, 3.05) is 0 Å². The van der Waals surface area contributed by atoms with Crippen molar-refractivity contribution in [2.45, 2.75) is 19.2 Å². The van der Waals surface area contributed by atoms with E-state index in [0.717, 1.165) is 0 Å². The Morgan fingerprint density at radius 3 is 1.33 bits per heavy atom. The van der Waals surface area contributed by atoms with Gasteiger partial charge in [0, 0.05) is 5.38 Å². The standard InChI is InChI=1S/C3H7Cl.Li.Mg/c1-3(2)4;;/h3H,1-2H3;;/q;2*+2. The van der Waals surface area contributed by atoms with Crippen LogP contribution in [0, 0.1) is 0 Å². The van der Waals surface area contributed by atoms with Gasteiger partial charge in [-0.05, 0) is 13.8 Å². The van der Waals surface area contributed by atoms with Gasteiger partial charge in [0.25, 0.3) is 0 Å². The minimum Gasteiger partial charge on any atom is -0.124 e. The summed E-state index contributed by atoms with van der Waals surface area (Å²) in [5, 5.41) is 0.306. The quantitative estimate of drug-likeness (QED) is 0.320. The van der Waals surface area contributed by atoms with Crippen LogP contribution < -0.4 is 0 Å². The van der Waals surface area contributed by atoms with Crippen molar-refractivity contribution in [3.05, 3.63) is 0 Å².